The van der Waals surface area contributed by atoms with Crippen molar-refractivity contribution in [1.29, 1.82) is 0 Å². The third-order valence-electron chi connectivity index (χ3n) is 3.27. The highest BCUT2D eigenvalue weighted by Gasteiger charge is 2.29. The lowest BCUT2D eigenvalue weighted by atomic mass is 10.0. The standard InChI is InChI=1S/C14H9ClN4S/c15-10-6-7-12-11(8-10)13(9-4-2-1-3-5-9)20-14-16-17-18-19(12)14/h1-8,13H. The minimum Gasteiger partial charge on any atom is -0.187 e. The van der Waals surface area contributed by atoms with Gasteiger partial charge in [-0.3, -0.25) is 0 Å². The van der Waals surface area contributed by atoms with Gasteiger partial charge >= 0.3 is 0 Å². The fraction of sp³-hybridized carbons (Fsp3) is 0.0714. The summed E-state index contributed by atoms with van der Waals surface area (Å²) >= 11 is 7.80. The molecule has 3 aromatic rings. The van der Waals surface area contributed by atoms with Crippen LogP contribution in [0.5, 0.6) is 0 Å². The van der Waals surface area contributed by atoms with Crippen molar-refractivity contribution in [3.05, 3.63) is 64.7 Å². The second-order valence-electron chi connectivity index (χ2n) is 4.48. The van der Waals surface area contributed by atoms with Crippen molar-refractivity contribution in [2.45, 2.75) is 10.4 Å². The van der Waals surface area contributed by atoms with E-state index in [4.69, 9.17) is 11.6 Å². The molecule has 4 nitrogen and oxygen atoms in total. The fourth-order valence-electron chi connectivity index (χ4n) is 2.38. The highest BCUT2D eigenvalue weighted by Crippen LogP contribution is 2.46. The van der Waals surface area contributed by atoms with E-state index in [2.05, 4.69) is 27.7 Å². The van der Waals surface area contributed by atoms with Crippen LogP contribution in [0.25, 0.3) is 5.69 Å². The Morgan fingerprint density at radius 3 is 2.80 bits per heavy atom. The van der Waals surface area contributed by atoms with Gasteiger partial charge in [-0.2, -0.15) is 4.68 Å². The van der Waals surface area contributed by atoms with E-state index in [-0.39, 0.29) is 5.25 Å². The molecule has 0 N–H and O–H groups in total. The van der Waals surface area contributed by atoms with Gasteiger partial charge in [0.25, 0.3) is 0 Å². The van der Waals surface area contributed by atoms with Gasteiger partial charge in [0, 0.05) is 5.02 Å². The van der Waals surface area contributed by atoms with Crippen LogP contribution in [0.3, 0.4) is 0 Å². The molecule has 0 amide bonds. The molecule has 98 valence electrons. The molecule has 0 bridgehead atoms. The van der Waals surface area contributed by atoms with E-state index >= 15 is 0 Å². The minimum absolute atomic E-state index is 0.156. The molecule has 1 aliphatic heterocycles. The van der Waals surface area contributed by atoms with Crippen LogP contribution >= 0.6 is 23.4 Å². The molecular formula is C14H9ClN4S. The Kier molecular flexibility index (Phi) is 2.75. The zero-order valence-electron chi connectivity index (χ0n) is 10.3. The maximum absolute atomic E-state index is 6.16. The molecule has 20 heavy (non-hydrogen) atoms. The molecule has 2 heterocycles. The van der Waals surface area contributed by atoms with E-state index in [0.717, 1.165) is 21.4 Å². The molecule has 1 aromatic heterocycles. The number of nitrogens with zero attached hydrogens (tertiary/aromatic N) is 4. The van der Waals surface area contributed by atoms with Gasteiger partial charge in [-0.05, 0) is 39.8 Å². The number of aromatic nitrogens is 4. The van der Waals surface area contributed by atoms with Gasteiger partial charge in [-0.15, -0.1) is 5.10 Å². The number of benzene rings is 2. The summed E-state index contributed by atoms with van der Waals surface area (Å²) in [6, 6.07) is 16.1. The molecule has 1 atom stereocenters. The molecule has 0 spiro atoms. The van der Waals surface area contributed by atoms with E-state index < -0.39 is 0 Å². The van der Waals surface area contributed by atoms with Gasteiger partial charge in [0.2, 0.25) is 5.16 Å². The van der Waals surface area contributed by atoms with Gasteiger partial charge in [0.05, 0.1) is 10.9 Å². The maximum Gasteiger partial charge on any atom is 0.215 e. The lowest BCUT2D eigenvalue weighted by molar-refractivity contribution is 0.738. The van der Waals surface area contributed by atoms with Crippen LogP contribution in [-0.2, 0) is 0 Å². The molecule has 1 aliphatic rings. The molecule has 1 unspecified atom stereocenters. The Hall–Kier alpha value is -1.85. The smallest absolute Gasteiger partial charge is 0.187 e. The zero-order valence-corrected chi connectivity index (χ0v) is 11.8. The van der Waals surface area contributed by atoms with Gasteiger partial charge in [-0.1, -0.05) is 53.7 Å². The second-order valence-corrected chi connectivity index (χ2v) is 5.99. The number of rotatable bonds is 1. The second kappa shape index (κ2) is 4.61. The average Bonchev–Trinajstić information content (AvgIpc) is 2.95. The first-order valence-corrected chi connectivity index (χ1v) is 7.38. The SMILES string of the molecule is Clc1ccc2c(c1)C(c1ccccc1)Sc1nnnn1-2. The summed E-state index contributed by atoms with van der Waals surface area (Å²) in [4.78, 5) is 0. The van der Waals surface area contributed by atoms with Crippen molar-refractivity contribution in [3.8, 4) is 5.69 Å². The predicted molar refractivity (Wildman–Crippen MR) is 78.3 cm³/mol. The van der Waals surface area contributed by atoms with E-state index in [1.54, 1.807) is 16.4 Å². The molecule has 6 heteroatoms. The van der Waals surface area contributed by atoms with E-state index in [9.17, 15) is 0 Å². The van der Waals surface area contributed by atoms with Crippen LogP contribution in [0.4, 0.5) is 0 Å². The fourth-order valence-corrected chi connectivity index (χ4v) is 3.69. The zero-order chi connectivity index (χ0) is 13.5. The first-order chi connectivity index (χ1) is 9.83. The van der Waals surface area contributed by atoms with E-state index in [1.165, 1.54) is 5.56 Å². The Morgan fingerprint density at radius 1 is 1.10 bits per heavy atom. The van der Waals surface area contributed by atoms with Crippen molar-refractivity contribution in [1.82, 2.24) is 20.2 Å². The van der Waals surface area contributed by atoms with E-state index in [0.29, 0.717) is 0 Å². The lowest BCUT2D eigenvalue weighted by Gasteiger charge is -2.24. The number of hydrogen-bond donors (Lipinski definition) is 0. The summed E-state index contributed by atoms with van der Waals surface area (Å²) in [6.45, 7) is 0. The third kappa shape index (κ3) is 1.82. The van der Waals surface area contributed by atoms with Crippen molar-refractivity contribution in [2.75, 3.05) is 0 Å². The first kappa shape index (κ1) is 11.9. The van der Waals surface area contributed by atoms with Crippen LogP contribution in [0.2, 0.25) is 5.02 Å². The minimum atomic E-state index is 0.156. The molecule has 0 saturated heterocycles. The number of halogens is 1. The van der Waals surface area contributed by atoms with Gasteiger partial charge in [-0.25, -0.2) is 0 Å². The highest BCUT2D eigenvalue weighted by atomic mass is 35.5. The normalized spacial score (nSPS) is 16.6. The number of tetrazole rings is 1. The van der Waals surface area contributed by atoms with Gasteiger partial charge in [0.15, 0.2) is 0 Å². The van der Waals surface area contributed by atoms with Crippen molar-refractivity contribution >= 4 is 23.4 Å². The molecule has 0 radical (unpaired) electrons. The van der Waals surface area contributed by atoms with Crippen molar-refractivity contribution < 1.29 is 0 Å². The largest absolute Gasteiger partial charge is 0.215 e. The van der Waals surface area contributed by atoms with Crippen LogP contribution < -0.4 is 0 Å². The van der Waals surface area contributed by atoms with Crippen molar-refractivity contribution in [3.63, 3.8) is 0 Å². The van der Waals surface area contributed by atoms with Crippen LogP contribution in [0.15, 0.2) is 53.7 Å². The summed E-state index contributed by atoms with van der Waals surface area (Å²) < 4.78 is 1.76. The monoisotopic (exact) mass is 300 g/mol. The Labute approximate surface area is 124 Å². The Morgan fingerprint density at radius 2 is 1.95 bits per heavy atom. The summed E-state index contributed by atoms with van der Waals surface area (Å²) in [5.74, 6) is 0. The number of fused-ring (bicyclic) bond motifs is 3. The number of hydrogen-bond acceptors (Lipinski definition) is 4. The summed E-state index contributed by atoms with van der Waals surface area (Å²) in [6.07, 6.45) is 0. The maximum atomic E-state index is 6.16. The van der Waals surface area contributed by atoms with Crippen LogP contribution in [0, 0.1) is 0 Å². The highest BCUT2D eigenvalue weighted by molar-refractivity contribution is 7.99. The summed E-state index contributed by atoms with van der Waals surface area (Å²) in [7, 11) is 0. The average molecular weight is 301 g/mol. The molecule has 0 fully saturated rings. The van der Waals surface area contributed by atoms with Gasteiger partial charge in [0.1, 0.15) is 0 Å². The topological polar surface area (TPSA) is 43.6 Å². The molecule has 0 saturated carbocycles. The van der Waals surface area contributed by atoms with Crippen LogP contribution in [-0.4, -0.2) is 20.2 Å². The van der Waals surface area contributed by atoms with Crippen LogP contribution in [0.1, 0.15) is 16.4 Å². The first-order valence-electron chi connectivity index (χ1n) is 6.13. The molecule has 0 aliphatic carbocycles. The van der Waals surface area contributed by atoms with E-state index in [1.807, 2.05) is 36.4 Å². The summed E-state index contributed by atoms with van der Waals surface area (Å²) in [5, 5.41) is 13.6. The predicted octanol–water partition coefficient (Wildman–Crippen LogP) is 3.51. The lowest BCUT2D eigenvalue weighted by Crippen LogP contribution is -2.12. The van der Waals surface area contributed by atoms with Crippen molar-refractivity contribution in [2.24, 2.45) is 0 Å². The molecule has 4 rings (SSSR count). The summed E-state index contributed by atoms with van der Waals surface area (Å²) in [5.41, 5.74) is 3.34. The molecule has 2 aromatic carbocycles. The Bertz CT molecular complexity index is 772. The quantitative estimate of drug-likeness (QED) is 0.690. The van der Waals surface area contributed by atoms with Gasteiger partial charge < -0.3 is 0 Å². The Balaban J connectivity index is 1.94. The third-order valence-corrected chi connectivity index (χ3v) is 4.73. The number of thioether (sulfide) groups is 1. The molecular weight excluding hydrogens is 292 g/mol.